The largest absolute Gasteiger partial charge is 0.423 e. The Balaban J connectivity index is 1.69. The van der Waals surface area contributed by atoms with Crippen molar-refractivity contribution in [3.05, 3.63) is 73.8 Å². The van der Waals surface area contributed by atoms with E-state index in [2.05, 4.69) is 15.9 Å². The van der Waals surface area contributed by atoms with E-state index in [0.29, 0.717) is 10.1 Å². The van der Waals surface area contributed by atoms with E-state index in [-0.39, 0.29) is 16.9 Å². The molecule has 2 aromatic carbocycles. The molecule has 4 rings (SSSR count). The van der Waals surface area contributed by atoms with Gasteiger partial charge in [0.15, 0.2) is 0 Å². The molecule has 0 saturated carbocycles. The molecule has 0 radical (unpaired) electrons. The Morgan fingerprint density at radius 1 is 1.12 bits per heavy atom. The van der Waals surface area contributed by atoms with Crippen molar-refractivity contribution in [3.63, 3.8) is 0 Å². The van der Waals surface area contributed by atoms with Crippen molar-refractivity contribution in [1.82, 2.24) is 0 Å². The molecule has 1 aliphatic carbocycles. The quantitative estimate of drug-likeness (QED) is 0.362. The van der Waals surface area contributed by atoms with Crippen LogP contribution in [-0.2, 0) is 12.8 Å². The Kier molecular flexibility index (Phi) is 3.92. The minimum Gasteiger partial charge on any atom is -0.423 e. The van der Waals surface area contributed by atoms with Crippen molar-refractivity contribution in [2.75, 3.05) is 0 Å². The second-order valence-corrected chi connectivity index (χ2v) is 6.73. The lowest BCUT2D eigenvalue weighted by Gasteiger charge is -2.08. The summed E-state index contributed by atoms with van der Waals surface area (Å²) in [4.78, 5) is 24.3. The van der Waals surface area contributed by atoms with Crippen LogP contribution in [0.2, 0.25) is 0 Å². The molecule has 1 heterocycles. The monoisotopic (exact) mass is 402 g/mol. The molecule has 25 heavy (non-hydrogen) atoms. The zero-order chi connectivity index (χ0) is 17.6. The molecule has 0 aliphatic heterocycles. The SMILES string of the molecule is O=C(Oc1ccc2c3c(c(=O)oc2c1)CCC3)c1ccc(F)cc1Br. The highest BCUT2D eigenvalue weighted by molar-refractivity contribution is 9.10. The second-order valence-electron chi connectivity index (χ2n) is 5.87. The average Bonchev–Trinajstić information content (AvgIpc) is 3.05. The second kappa shape index (κ2) is 6.11. The average molecular weight is 403 g/mol. The predicted molar refractivity (Wildman–Crippen MR) is 93.6 cm³/mol. The minimum absolute atomic E-state index is 0.205. The first-order valence-corrected chi connectivity index (χ1v) is 8.58. The number of carbonyl (C=O) groups is 1. The number of halogens is 2. The third-order valence-corrected chi connectivity index (χ3v) is 4.96. The number of esters is 1. The number of benzene rings is 2. The summed E-state index contributed by atoms with van der Waals surface area (Å²) in [5.41, 5.74) is 2.04. The molecule has 1 aromatic heterocycles. The van der Waals surface area contributed by atoms with Crippen molar-refractivity contribution in [1.29, 1.82) is 0 Å². The van der Waals surface area contributed by atoms with Crippen LogP contribution in [0.25, 0.3) is 11.0 Å². The number of aryl methyl sites for hydroxylation is 1. The van der Waals surface area contributed by atoms with Crippen LogP contribution in [0.5, 0.6) is 5.75 Å². The van der Waals surface area contributed by atoms with E-state index in [4.69, 9.17) is 9.15 Å². The molecule has 0 N–H and O–H groups in total. The Morgan fingerprint density at radius 3 is 2.72 bits per heavy atom. The normalized spacial score (nSPS) is 13.0. The van der Waals surface area contributed by atoms with E-state index in [9.17, 15) is 14.0 Å². The topological polar surface area (TPSA) is 56.5 Å². The number of hydrogen-bond acceptors (Lipinski definition) is 4. The molecule has 6 heteroatoms. The molecule has 0 spiro atoms. The van der Waals surface area contributed by atoms with Crippen LogP contribution in [0.4, 0.5) is 4.39 Å². The summed E-state index contributed by atoms with van der Waals surface area (Å²) in [6, 6.07) is 8.71. The van der Waals surface area contributed by atoms with Crippen molar-refractivity contribution in [2.45, 2.75) is 19.3 Å². The van der Waals surface area contributed by atoms with Crippen LogP contribution in [0.1, 0.15) is 27.9 Å². The maximum Gasteiger partial charge on any atom is 0.344 e. The zero-order valence-corrected chi connectivity index (χ0v) is 14.6. The maximum absolute atomic E-state index is 13.1. The maximum atomic E-state index is 13.1. The van der Waals surface area contributed by atoms with E-state index < -0.39 is 11.8 Å². The molecular weight excluding hydrogens is 391 g/mol. The van der Waals surface area contributed by atoms with Gasteiger partial charge in [0.1, 0.15) is 17.1 Å². The first-order chi connectivity index (χ1) is 12.0. The number of ether oxygens (including phenoxy) is 1. The summed E-state index contributed by atoms with van der Waals surface area (Å²) < 4.78 is 24.1. The lowest BCUT2D eigenvalue weighted by Crippen LogP contribution is -2.10. The number of fused-ring (bicyclic) bond motifs is 3. The van der Waals surface area contributed by atoms with Gasteiger partial charge in [-0.25, -0.2) is 14.0 Å². The zero-order valence-electron chi connectivity index (χ0n) is 13.0. The van der Waals surface area contributed by atoms with Crippen LogP contribution in [-0.4, -0.2) is 5.97 Å². The summed E-state index contributed by atoms with van der Waals surface area (Å²) in [7, 11) is 0. The molecular formula is C19H12BrFO4. The van der Waals surface area contributed by atoms with Gasteiger partial charge >= 0.3 is 11.6 Å². The van der Waals surface area contributed by atoms with Gasteiger partial charge in [0, 0.05) is 21.5 Å². The molecule has 1 aliphatic rings. The molecule has 0 atom stereocenters. The highest BCUT2D eigenvalue weighted by Gasteiger charge is 2.20. The van der Waals surface area contributed by atoms with E-state index in [1.54, 1.807) is 12.1 Å². The lowest BCUT2D eigenvalue weighted by atomic mass is 10.1. The summed E-state index contributed by atoms with van der Waals surface area (Å²) in [5.74, 6) is -0.825. The molecule has 0 unspecified atom stereocenters. The Morgan fingerprint density at radius 2 is 1.92 bits per heavy atom. The van der Waals surface area contributed by atoms with Crippen molar-refractivity contribution in [2.24, 2.45) is 0 Å². The minimum atomic E-state index is -0.630. The van der Waals surface area contributed by atoms with E-state index in [1.807, 2.05) is 0 Å². The summed E-state index contributed by atoms with van der Waals surface area (Å²) in [6.07, 6.45) is 2.52. The third kappa shape index (κ3) is 2.87. The van der Waals surface area contributed by atoms with Crippen molar-refractivity contribution < 1.29 is 18.3 Å². The number of hydrogen-bond donors (Lipinski definition) is 0. The molecule has 0 saturated heterocycles. The van der Waals surface area contributed by atoms with Crippen LogP contribution < -0.4 is 10.4 Å². The summed E-state index contributed by atoms with van der Waals surface area (Å²) in [6.45, 7) is 0. The van der Waals surface area contributed by atoms with Crippen LogP contribution in [0.15, 0.2) is 50.1 Å². The Labute approximate surface area is 150 Å². The molecule has 0 amide bonds. The van der Waals surface area contributed by atoms with Gasteiger partial charge in [0.25, 0.3) is 0 Å². The van der Waals surface area contributed by atoms with Crippen LogP contribution in [0.3, 0.4) is 0 Å². The Hall–Kier alpha value is -2.47. The van der Waals surface area contributed by atoms with Crippen molar-refractivity contribution in [3.8, 4) is 5.75 Å². The fourth-order valence-corrected chi connectivity index (χ4v) is 3.66. The van der Waals surface area contributed by atoms with Gasteiger partial charge in [-0.05, 0) is 71.1 Å². The molecule has 126 valence electrons. The standard InChI is InChI=1S/C19H12BrFO4/c20-16-8-10(21)4-6-15(16)19(23)24-11-5-7-13-12-2-1-3-14(12)18(22)25-17(13)9-11/h4-9H,1-3H2. The molecule has 0 fully saturated rings. The van der Waals surface area contributed by atoms with E-state index in [1.165, 1.54) is 24.3 Å². The fraction of sp³-hybridized carbons (Fsp3) is 0.158. The number of carbonyl (C=O) groups excluding carboxylic acids is 1. The smallest absolute Gasteiger partial charge is 0.344 e. The van der Waals surface area contributed by atoms with Crippen LogP contribution in [0, 0.1) is 5.82 Å². The van der Waals surface area contributed by atoms with Crippen LogP contribution >= 0.6 is 15.9 Å². The van der Waals surface area contributed by atoms with Gasteiger partial charge in [-0.3, -0.25) is 0 Å². The molecule has 4 nitrogen and oxygen atoms in total. The number of rotatable bonds is 2. The van der Waals surface area contributed by atoms with Gasteiger partial charge in [-0.2, -0.15) is 0 Å². The van der Waals surface area contributed by atoms with E-state index in [0.717, 1.165) is 35.8 Å². The highest BCUT2D eigenvalue weighted by Crippen LogP contribution is 2.30. The van der Waals surface area contributed by atoms with E-state index >= 15 is 0 Å². The molecule has 0 bridgehead atoms. The van der Waals surface area contributed by atoms with Crippen molar-refractivity contribution >= 4 is 32.9 Å². The summed E-state index contributed by atoms with van der Waals surface area (Å²) in [5, 5.41) is 0.870. The van der Waals surface area contributed by atoms with Gasteiger partial charge in [-0.15, -0.1) is 0 Å². The van der Waals surface area contributed by atoms with Gasteiger partial charge in [-0.1, -0.05) is 0 Å². The Bertz CT molecular complexity index is 1070. The fourth-order valence-electron chi connectivity index (χ4n) is 3.14. The van der Waals surface area contributed by atoms with Gasteiger partial charge in [0.2, 0.25) is 0 Å². The first-order valence-electron chi connectivity index (χ1n) is 7.79. The molecule has 3 aromatic rings. The van der Waals surface area contributed by atoms with Gasteiger partial charge in [0.05, 0.1) is 5.56 Å². The highest BCUT2D eigenvalue weighted by atomic mass is 79.9. The van der Waals surface area contributed by atoms with Gasteiger partial charge < -0.3 is 9.15 Å². The lowest BCUT2D eigenvalue weighted by molar-refractivity contribution is 0.0734. The summed E-state index contributed by atoms with van der Waals surface area (Å²) >= 11 is 3.14. The first kappa shape index (κ1) is 16.0. The predicted octanol–water partition coefficient (Wildman–Crippen LogP) is 4.40. The third-order valence-electron chi connectivity index (χ3n) is 4.31.